The summed E-state index contributed by atoms with van der Waals surface area (Å²) in [5.41, 5.74) is 0.420. The molecule has 0 bridgehead atoms. The molecule has 2 heterocycles. The first-order valence-corrected chi connectivity index (χ1v) is 5.84. The number of ether oxygens (including phenoxy) is 2. The lowest BCUT2D eigenvalue weighted by atomic mass is 9.82. The summed E-state index contributed by atoms with van der Waals surface area (Å²) in [5, 5.41) is 9.28. The van der Waals surface area contributed by atoms with E-state index in [9.17, 15) is 10.1 Å². The van der Waals surface area contributed by atoms with Gasteiger partial charge in [-0.05, 0) is 25.0 Å². The van der Waals surface area contributed by atoms with Crippen LogP contribution in [0, 0.1) is 11.3 Å². The molecule has 0 radical (unpaired) electrons. The molecule has 1 fully saturated rings. The molecule has 1 atom stereocenters. The molecule has 94 valence electrons. The average molecular weight is 246 g/mol. The van der Waals surface area contributed by atoms with Gasteiger partial charge in [-0.1, -0.05) is 6.07 Å². The highest BCUT2D eigenvalue weighted by molar-refractivity contribution is 5.87. The second-order valence-electron chi connectivity index (χ2n) is 4.15. The van der Waals surface area contributed by atoms with Gasteiger partial charge in [-0.2, -0.15) is 5.26 Å². The Morgan fingerprint density at radius 1 is 1.67 bits per heavy atom. The standard InChI is InChI=1S/C13H14N2O3/c1-2-18-12(16)11-4-3-10(7-15-11)13(8-14)5-6-17-9-13/h3-4,7H,2,5-6,9H2,1H3. The molecule has 1 saturated heterocycles. The summed E-state index contributed by atoms with van der Waals surface area (Å²) in [5.74, 6) is -0.447. The highest BCUT2D eigenvalue weighted by Gasteiger charge is 2.37. The molecule has 1 aromatic heterocycles. The second-order valence-corrected chi connectivity index (χ2v) is 4.15. The molecule has 2 rings (SSSR count). The van der Waals surface area contributed by atoms with Crippen LogP contribution in [-0.4, -0.2) is 30.8 Å². The van der Waals surface area contributed by atoms with Crippen LogP contribution in [0.4, 0.5) is 0 Å². The molecule has 0 aromatic carbocycles. The summed E-state index contributed by atoms with van der Waals surface area (Å²) >= 11 is 0. The predicted molar refractivity (Wildman–Crippen MR) is 62.9 cm³/mol. The van der Waals surface area contributed by atoms with Crippen molar-refractivity contribution >= 4 is 5.97 Å². The number of carbonyl (C=O) groups excluding carboxylic acids is 1. The van der Waals surface area contributed by atoms with Crippen molar-refractivity contribution in [2.75, 3.05) is 19.8 Å². The number of nitrogens with zero attached hydrogens (tertiary/aromatic N) is 2. The minimum absolute atomic E-state index is 0.257. The van der Waals surface area contributed by atoms with Crippen molar-refractivity contribution in [1.82, 2.24) is 4.98 Å². The number of hydrogen-bond acceptors (Lipinski definition) is 5. The zero-order valence-electron chi connectivity index (χ0n) is 10.2. The van der Waals surface area contributed by atoms with Gasteiger partial charge in [-0.15, -0.1) is 0 Å². The molecule has 1 unspecified atom stereocenters. The summed E-state index contributed by atoms with van der Waals surface area (Å²) in [6.07, 6.45) is 2.22. The Bertz CT molecular complexity index is 470. The third kappa shape index (κ3) is 2.20. The maximum absolute atomic E-state index is 11.5. The highest BCUT2D eigenvalue weighted by atomic mass is 16.5. The van der Waals surface area contributed by atoms with Crippen molar-refractivity contribution < 1.29 is 14.3 Å². The fraction of sp³-hybridized carbons (Fsp3) is 0.462. The topological polar surface area (TPSA) is 72.2 Å². The van der Waals surface area contributed by atoms with Crippen LogP contribution in [0.2, 0.25) is 0 Å². The van der Waals surface area contributed by atoms with Gasteiger partial charge in [0.15, 0.2) is 0 Å². The number of hydrogen-bond donors (Lipinski definition) is 0. The number of aromatic nitrogens is 1. The van der Waals surface area contributed by atoms with Crippen LogP contribution in [0.15, 0.2) is 18.3 Å². The van der Waals surface area contributed by atoms with Crippen molar-refractivity contribution in [3.8, 4) is 6.07 Å². The number of rotatable bonds is 3. The molecular weight excluding hydrogens is 232 g/mol. The van der Waals surface area contributed by atoms with Crippen LogP contribution in [-0.2, 0) is 14.9 Å². The number of carbonyl (C=O) groups is 1. The predicted octanol–water partition coefficient (Wildman–Crippen LogP) is 1.44. The monoisotopic (exact) mass is 246 g/mol. The largest absolute Gasteiger partial charge is 0.461 e. The van der Waals surface area contributed by atoms with E-state index in [1.807, 2.05) is 0 Å². The van der Waals surface area contributed by atoms with Crippen LogP contribution in [0.3, 0.4) is 0 Å². The first-order valence-electron chi connectivity index (χ1n) is 5.84. The molecule has 0 aliphatic carbocycles. The van der Waals surface area contributed by atoms with Crippen molar-refractivity contribution in [3.63, 3.8) is 0 Å². The fourth-order valence-electron chi connectivity index (χ4n) is 1.95. The van der Waals surface area contributed by atoms with Gasteiger partial charge in [0, 0.05) is 12.8 Å². The quantitative estimate of drug-likeness (QED) is 0.754. The molecule has 0 N–H and O–H groups in total. The van der Waals surface area contributed by atoms with Crippen molar-refractivity contribution in [1.29, 1.82) is 5.26 Å². The second kappa shape index (κ2) is 5.15. The van der Waals surface area contributed by atoms with Crippen molar-refractivity contribution in [2.45, 2.75) is 18.8 Å². The summed E-state index contributed by atoms with van der Waals surface area (Å²) < 4.78 is 10.1. The van der Waals surface area contributed by atoms with Crippen LogP contribution in [0.1, 0.15) is 29.4 Å². The van der Waals surface area contributed by atoms with Crippen LogP contribution in [0.25, 0.3) is 0 Å². The van der Waals surface area contributed by atoms with E-state index in [0.29, 0.717) is 26.2 Å². The summed E-state index contributed by atoms with van der Waals surface area (Å²) in [7, 11) is 0. The van der Waals surface area contributed by atoms with Gasteiger partial charge in [-0.25, -0.2) is 9.78 Å². The molecule has 1 aliphatic rings. The smallest absolute Gasteiger partial charge is 0.356 e. The molecule has 0 amide bonds. The molecule has 0 saturated carbocycles. The van der Waals surface area contributed by atoms with E-state index in [1.54, 1.807) is 25.3 Å². The molecule has 0 spiro atoms. The lowest BCUT2D eigenvalue weighted by Crippen LogP contribution is -2.24. The highest BCUT2D eigenvalue weighted by Crippen LogP contribution is 2.32. The molecule has 18 heavy (non-hydrogen) atoms. The lowest BCUT2D eigenvalue weighted by molar-refractivity contribution is 0.0519. The fourth-order valence-corrected chi connectivity index (χ4v) is 1.95. The van der Waals surface area contributed by atoms with E-state index in [0.717, 1.165) is 5.56 Å². The SMILES string of the molecule is CCOC(=O)c1ccc(C2(C#N)CCOC2)cn1. The first kappa shape index (κ1) is 12.5. The van der Waals surface area contributed by atoms with Gasteiger partial charge >= 0.3 is 5.97 Å². The Labute approximate surface area is 105 Å². The zero-order chi connectivity index (χ0) is 13.0. The van der Waals surface area contributed by atoms with E-state index >= 15 is 0 Å². The van der Waals surface area contributed by atoms with Gasteiger partial charge in [0.2, 0.25) is 0 Å². The van der Waals surface area contributed by atoms with E-state index in [-0.39, 0.29) is 5.69 Å². The van der Waals surface area contributed by atoms with Gasteiger partial charge in [-0.3, -0.25) is 0 Å². The lowest BCUT2D eigenvalue weighted by Gasteiger charge is -2.18. The molecule has 1 aromatic rings. The van der Waals surface area contributed by atoms with Gasteiger partial charge in [0.25, 0.3) is 0 Å². The Hall–Kier alpha value is -1.93. The first-order chi connectivity index (χ1) is 8.72. The average Bonchev–Trinajstić information content (AvgIpc) is 2.89. The Kier molecular flexibility index (Phi) is 3.58. The van der Waals surface area contributed by atoms with Crippen LogP contribution in [0.5, 0.6) is 0 Å². The minimum atomic E-state index is -0.625. The van der Waals surface area contributed by atoms with E-state index in [2.05, 4.69) is 11.1 Å². The van der Waals surface area contributed by atoms with Crippen LogP contribution < -0.4 is 0 Å². The number of esters is 1. The van der Waals surface area contributed by atoms with E-state index in [1.165, 1.54) is 0 Å². The van der Waals surface area contributed by atoms with Crippen LogP contribution >= 0.6 is 0 Å². The molecule has 5 nitrogen and oxygen atoms in total. The zero-order valence-corrected chi connectivity index (χ0v) is 10.2. The summed E-state index contributed by atoms with van der Waals surface area (Å²) in [6, 6.07) is 5.62. The van der Waals surface area contributed by atoms with E-state index < -0.39 is 11.4 Å². The summed E-state index contributed by atoms with van der Waals surface area (Å²) in [6.45, 7) is 3.02. The number of nitriles is 1. The minimum Gasteiger partial charge on any atom is -0.461 e. The Morgan fingerprint density at radius 3 is 3.00 bits per heavy atom. The maximum atomic E-state index is 11.5. The van der Waals surface area contributed by atoms with Gasteiger partial charge in [0.1, 0.15) is 11.1 Å². The Morgan fingerprint density at radius 2 is 2.50 bits per heavy atom. The van der Waals surface area contributed by atoms with Crippen molar-refractivity contribution in [2.24, 2.45) is 0 Å². The normalized spacial score (nSPS) is 22.4. The Balaban J connectivity index is 2.22. The van der Waals surface area contributed by atoms with Gasteiger partial charge in [0.05, 0.1) is 19.3 Å². The van der Waals surface area contributed by atoms with E-state index in [4.69, 9.17) is 9.47 Å². The number of pyridine rings is 1. The molecule has 1 aliphatic heterocycles. The maximum Gasteiger partial charge on any atom is 0.356 e. The molecular formula is C13H14N2O3. The van der Waals surface area contributed by atoms with Crippen molar-refractivity contribution in [3.05, 3.63) is 29.6 Å². The molecule has 5 heteroatoms. The third-order valence-corrected chi connectivity index (χ3v) is 3.04. The summed E-state index contributed by atoms with van der Waals surface area (Å²) in [4.78, 5) is 15.5. The third-order valence-electron chi connectivity index (χ3n) is 3.04. The van der Waals surface area contributed by atoms with Gasteiger partial charge < -0.3 is 9.47 Å².